The maximum absolute atomic E-state index is 13.5. The van der Waals surface area contributed by atoms with Crippen molar-refractivity contribution in [3.63, 3.8) is 0 Å². The summed E-state index contributed by atoms with van der Waals surface area (Å²) in [6.07, 6.45) is 13.6. The van der Waals surface area contributed by atoms with Gasteiger partial charge in [-0.05, 0) is 49.6 Å². The minimum absolute atomic E-state index is 0.00633. The fourth-order valence-corrected chi connectivity index (χ4v) is 6.08. The van der Waals surface area contributed by atoms with Gasteiger partial charge in [0.1, 0.15) is 5.75 Å². The third kappa shape index (κ3) is 10.2. The quantitative estimate of drug-likeness (QED) is 0.197. The van der Waals surface area contributed by atoms with Crippen LogP contribution in [0.3, 0.4) is 0 Å². The maximum atomic E-state index is 13.5. The van der Waals surface area contributed by atoms with E-state index in [2.05, 4.69) is 33.4 Å². The summed E-state index contributed by atoms with van der Waals surface area (Å²) >= 11 is 0. The van der Waals surface area contributed by atoms with Gasteiger partial charge in [0, 0.05) is 57.1 Å². The molecule has 8 nitrogen and oxygen atoms in total. The smallest absolute Gasteiger partial charge is 0.253 e. The number of anilines is 3. The van der Waals surface area contributed by atoms with Gasteiger partial charge in [-0.1, -0.05) is 70.4 Å². The van der Waals surface area contributed by atoms with Crippen molar-refractivity contribution in [2.24, 2.45) is 0 Å². The fourth-order valence-electron chi connectivity index (χ4n) is 6.08. The van der Waals surface area contributed by atoms with Crippen LogP contribution in [0.15, 0.2) is 42.5 Å². The Morgan fingerprint density at radius 3 is 2.23 bits per heavy atom. The Hall–Kier alpha value is -3.26. The summed E-state index contributed by atoms with van der Waals surface area (Å²) in [5.41, 5.74) is 3.23. The van der Waals surface area contributed by atoms with Gasteiger partial charge in [0.2, 0.25) is 5.91 Å². The number of ether oxygens (including phenoxy) is 2. The number of unbranched alkanes of at least 4 members (excludes halogenated alkanes) is 8. The van der Waals surface area contributed by atoms with Crippen LogP contribution in [0.25, 0.3) is 0 Å². The lowest BCUT2D eigenvalue weighted by Crippen LogP contribution is -2.47. The molecule has 0 radical (unpaired) electrons. The van der Waals surface area contributed by atoms with E-state index in [0.29, 0.717) is 24.2 Å². The average molecular weight is 593 g/mol. The van der Waals surface area contributed by atoms with Gasteiger partial charge in [0.05, 0.1) is 24.5 Å². The summed E-state index contributed by atoms with van der Waals surface area (Å²) in [6, 6.07) is 13.8. The van der Waals surface area contributed by atoms with Gasteiger partial charge in [-0.2, -0.15) is 0 Å². The van der Waals surface area contributed by atoms with Gasteiger partial charge in [0.15, 0.2) is 0 Å². The molecule has 43 heavy (non-hydrogen) atoms. The highest BCUT2D eigenvalue weighted by molar-refractivity contribution is 6.02. The summed E-state index contributed by atoms with van der Waals surface area (Å²) in [5.74, 6) is 0.743. The number of carbonyl (C=O) groups excluding carboxylic acids is 2. The van der Waals surface area contributed by atoms with Crippen LogP contribution >= 0.6 is 0 Å². The Labute approximate surface area is 258 Å². The molecule has 0 bridgehead atoms. The number of para-hydroxylation sites is 2. The molecule has 2 N–H and O–H groups in total. The Bertz CT molecular complexity index is 1140. The Kier molecular flexibility index (Phi) is 13.5. The number of amides is 2. The summed E-state index contributed by atoms with van der Waals surface area (Å²) in [6.45, 7) is 6.66. The lowest BCUT2D eigenvalue weighted by Gasteiger charge is -2.38. The van der Waals surface area contributed by atoms with Crippen molar-refractivity contribution < 1.29 is 19.1 Å². The van der Waals surface area contributed by atoms with E-state index in [9.17, 15) is 9.59 Å². The Morgan fingerprint density at radius 2 is 1.56 bits per heavy atom. The van der Waals surface area contributed by atoms with E-state index in [1.165, 1.54) is 44.9 Å². The first-order valence-electron chi connectivity index (χ1n) is 16.6. The molecule has 0 saturated carbocycles. The number of nitrogens with one attached hydrogen (secondary N) is 2. The number of hydrogen-bond acceptors (Lipinski definition) is 6. The molecule has 1 atom stereocenters. The molecule has 8 heteroatoms. The monoisotopic (exact) mass is 592 g/mol. The highest BCUT2D eigenvalue weighted by atomic mass is 16.5. The minimum atomic E-state index is -0.132. The SMILES string of the molecule is CCCCCCCCCCCC(=O)Nc1ccc(N2CCN(c3ccccc3OC)CC2)c(C(=O)NCC2CCCO2)c1. The molecule has 0 aliphatic carbocycles. The highest BCUT2D eigenvalue weighted by Crippen LogP contribution is 2.31. The molecule has 0 spiro atoms. The van der Waals surface area contributed by atoms with Crippen molar-refractivity contribution in [3.8, 4) is 5.75 Å². The number of carbonyl (C=O) groups is 2. The van der Waals surface area contributed by atoms with E-state index in [4.69, 9.17) is 9.47 Å². The molecule has 2 heterocycles. The van der Waals surface area contributed by atoms with Gasteiger partial charge in [-0.25, -0.2) is 0 Å². The summed E-state index contributed by atoms with van der Waals surface area (Å²) in [5, 5.41) is 6.14. The third-order valence-corrected chi connectivity index (χ3v) is 8.59. The first-order chi connectivity index (χ1) is 21.1. The van der Waals surface area contributed by atoms with E-state index in [-0.39, 0.29) is 17.9 Å². The number of methoxy groups -OCH3 is 1. The molecule has 2 fully saturated rings. The molecule has 0 aromatic heterocycles. The normalized spacial score (nSPS) is 16.7. The molecule has 2 aliphatic heterocycles. The van der Waals surface area contributed by atoms with Crippen LogP contribution < -0.4 is 25.2 Å². The van der Waals surface area contributed by atoms with Crippen LogP contribution in [0, 0.1) is 0 Å². The number of benzene rings is 2. The molecule has 2 amide bonds. The summed E-state index contributed by atoms with van der Waals surface area (Å²) in [4.78, 5) is 30.8. The van der Waals surface area contributed by atoms with E-state index in [0.717, 1.165) is 75.6 Å². The van der Waals surface area contributed by atoms with Gasteiger partial charge < -0.3 is 29.9 Å². The fraction of sp³-hybridized carbons (Fsp3) is 0.600. The van der Waals surface area contributed by atoms with Crippen molar-refractivity contribution in [2.75, 3.05) is 61.6 Å². The van der Waals surface area contributed by atoms with Gasteiger partial charge in [-0.3, -0.25) is 9.59 Å². The third-order valence-electron chi connectivity index (χ3n) is 8.59. The van der Waals surface area contributed by atoms with E-state index in [1.807, 2.05) is 36.4 Å². The molecule has 1 unspecified atom stereocenters. The van der Waals surface area contributed by atoms with Crippen LogP contribution in [0.5, 0.6) is 5.75 Å². The van der Waals surface area contributed by atoms with Crippen molar-refractivity contribution in [3.05, 3.63) is 48.0 Å². The van der Waals surface area contributed by atoms with Gasteiger partial charge in [0.25, 0.3) is 5.91 Å². The van der Waals surface area contributed by atoms with Crippen LogP contribution in [-0.2, 0) is 9.53 Å². The Balaban J connectivity index is 1.34. The standard InChI is InChI=1S/C35H52N4O4/c1-3-4-5-6-7-8-9-10-11-18-34(40)37-28-19-20-31(30(26-28)35(41)36-27-29-15-14-25-43-29)38-21-23-39(24-22-38)32-16-12-13-17-33(32)42-2/h12-13,16-17,19-20,26,29H,3-11,14-15,18,21-25,27H2,1-2H3,(H,36,41)(H,37,40). The predicted molar refractivity (Wildman–Crippen MR) is 176 cm³/mol. The molecule has 2 aliphatic rings. The van der Waals surface area contributed by atoms with Crippen LogP contribution in [0.1, 0.15) is 94.3 Å². The first-order valence-corrected chi connectivity index (χ1v) is 16.6. The lowest BCUT2D eigenvalue weighted by atomic mass is 10.1. The molecule has 4 rings (SSSR count). The van der Waals surface area contributed by atoms with Crippen molar-refractivity contribution in [2.45, 2.75) is 90.1 Å². The molecular weight excluding hydrogens is 540 g/mol. The van der Waals surface area contributed by atoms with Crippen LogP contribution in [0.2, 0.25) is 0 Å². The zero-order chi connectivity index (χ0) is 30.3. The van der Waals surface area contributed by atoms with Crippen molar-refractivity contribution in [1.82, 2.24) is 5.32 Å². The molecule has 2 aromatic carbocycles. The van der Waals surface area contributed by atoms with Gasteiger partial charge >= 0.3 is 0 Å². The number of rotatable bonds is 17. The lowest BCUT2D eigenvalue weighted by molar-refractivity contribution is -0.116. The maximum Gasteiger partial charge on any atom is 0.253 e. The second kappa shape index (κ2) is 17.8. The van der Waals surface area contributed by atoms with Crippen LogP contribution in [-0.4, -0.2) is 64.4 Å². The zero-order valence-corrected chi connectivity index (χ0v) is 26.4. The minimum Gasteiger partial charge on any atom is -0.495 e. The second-order valence-corrected chi connectivity index (χ2v) is 11.8. The van der Waals surface area contributed by atoms with E-state index in [1.54, 1.807) is 7.11 Å². The molecule has 236 valence electrons. The number of hydrogen-bond donors (Lipinski definition) is 2. The van der Waals surface area contributed by atoms with E-state index >= 15 is 0 Å². The summed E-state index contributed by atoms with van der Waals surface area (Å²) < 4.78 is 11.3. The van der Waals surface area contributed by atoms with Crippen LogP contribution in [0.4, 0.5) is 17.1 Å². The van der Waals surface area contributed by atoms with Crippen molar-refractivity contribution in [1.29, 1.82) is 0 Å². The first kappa shape index (κ1) is 32.6. The number of nitrogens with zero attached hydrogens (tertiary/aromatic N) is 2. The topological polar surface area (TPSA) is 83.1 Å². The predicted octanol–water partition coefficient (Wildman–Crippen LogP) is 6.79. The zero-order valence-electron chi connectivity index (χ0n) is 26.4. The largest absolute Gasteiger partial charge is 0.495 e. The molecular formula is C35H52N4O4. The second-order valence-electron chi connectivity index (χ2n) is 11.8. The Morgan fingerprint density at radius 1 is 0.884 bits per heavy atom. The molecule has 2 aromatic rings. The summed E-state index contributed by atoms with van der Waals surface area (Å²) in [7, 11) is 1.70. The van der Waals surface area contributed by atoms with Gasteiger partial charge in [-0.15, -0.1) is 0 Å². The number of piperazine rings is 1. The van der Waals surface area contributed by atoms with E-state index < -0.39 is 0 Å². The highest BCUT2D eigenvalue weighted by Gasteiger charge is 2.25. The molecule has 2 saturated heterocycles. The van der Waals surface area contributed by atoms with Crippen molar-refractivity contribution >= 4 is 28.9 Å². The average Bonchev–Trinajstić information content (AvgIpc) is 3.57.